The van der Waals surface area contributed by atoms with Crippen LogP contribution in [-0.4, -0.2) is 46.0 Å². The van der Waals surface area contributed by atoms with Crippen LogP contribution in [0.5, 0.6) is 0 Å². The normalized spacial score (nSPS) is 14.8. The van der Waals surface area contributed by atoms with Gasteiger partial charge in [-0.15, -0.1) is 0 Å². The van der Waals surface area contributed by atoms with Crippen LogP contribution in [0.3, 0.4) is 0 Å². The maximum atomic E-state index is 14.3. The summed E-state index contributed by atoms with van der Waals surface area (Å²) in [4.78, 5) is 15.8. The van der Waals surface area contributed by atoms with Crippen LogP contribution in [-0.2, 0) is 0 Å². The van der Waals surface area contributed by atoms with E-state index in [1.807, 2.05) is 30.3 Å². The maximum Gasteiger partial charge on any atom is 0.168 e. The van der Waals surface area contributed by atoms with Gasteiger partial charge in [-0.25, -0.2) is 18.7 Å². The second-order valence-corrected chi connectivity index (χ2v) is 7.14. The molecule has 3 aromatic rings. The average molecular weight is 394 g/mol. The molecule has 0 unspecified atom stereocenters. The van der Waals surface area contributed by atoms with Crippen LogP contribution in [0.2, 0.25) is 0 Å². The Morgan fingerprint density at radius 1 is 1.31 bits per heavy atom. The van der Waals surface area contributed by atoms with E-state index in [9.17, 15) is 8.78 Å². The monoisotopic (exact) mass is 394 g/mol. The second-order valence-electron chi connectivity index (χ2n) is 7.14. The zero-order valence-electron chi connectivity index (χ0n) is 16.0. The number of hydrogen-bond donors (Lipinski definition) is 1. The third-order valence-corrected chi connectivity index (χ3v) is 5.53. The van der Waals surface area contributed by atoms with E-state index in [0.717, 1.165) is 35.8 Å². The lowest BCUT2D eigenvalue weighted by Gasteiger charge is -2.39. The van der Waals surface area contributed by atoms with E-state index >= 15 is 0 Å². The number of nitriles is 1. The van der Waals surface area contributed by atoms with E-state index < -0.39 is 11.6 Å². The summed E-state index contributed by atoms with van der Waals surface area (Å²) >= 11 is 0. The van der Waals surface area contributed by atoms with E-state index in [4.69, 9.17) is 5.26 Å². The highest BCUT2D eigenvalue weighted by molar-refractivity contribution is 5.87. The number of nitrogens with one attached hydrogen (secondary N) is 1. The largest absolute Gasteiger partial charge is 0.371 e. The molecule has 1 aliphatic rings. The predicted octanol–water partition coefficient (Wildman–Crippen LogP) is 3.68. The van der Waals surface area contributed by atoms with Crippen LogP contribution in [0, 0.1) is 23.0 Å². The molecule has 1 N–H and O–H groups in total. The Morgan fingerprint density at radius 3 is 2.79 bits per heavy atom. The van der Waals surface area contributed by atoms with Gasteiger partial charge in [0, 0.05) is 43.6 Å². The standard InChI is InChI=1S/C21H20F2N6/c1-13(17-9-14(11-24)10-18(22)19(17)23)29-7-4-15(5-8-29)28(2)21-16-3-6-25-20(16)26-12-27-21/h3,6,9-10,12,15H,1,4-5,7-8H2,2H3,(H,25,26,27). The summed E-state index contributed by atoms with van der Waals surface area (Å²) in [7, 11) is 2.01. The van der Waals surface area contributed by atoms with Gasteiger partial charge in [0.15, 0.2) is 11.6 Å². The molecule has 3 heterocycles. The van der Waals surface area contributed by atoms with Gasteiger partial charge in [-0.1, -0.05) is 6.58 Å². The smallest absolute Gasteiger partial charge is 0.168 e. The molecule has 8 heteroatoms. The first-order valence-electron chi connectivity index (χ1n) is 9.34. The fourth-order valence-corrected chi connectivity index (χ4v) is 3.87. The van der Waals surface area contributed by atoms with Crippen molar-refractivity contribution >= 4 is 22.5 Å². The first-order valence-corrected chi connectivity index (χ1v) is 9.34. The first-order chi connectivity index (χ1) is 14.0. The van der Waals surface area contributed by atoms with Gasteiger partial charge >= 0.3 is 0 Å². The van der Waals surface area contributed by atoms with Crippen LogP contribution in [0.1, 0.15) is 24.0 Å². The molecule has 0 spiro atoms. The number of likely N-dealkylation sites (tertiary alicyclic amines) is 1. The van der Waals surface area contributed by atoms with Crippen molar-refractivity contribution in [2.75, 3.05) is 25.0 Å². The van der Waals surface area contributed by atoms with Crippen LogP contribution in [0.4, 0.5) is 14.6 Å². The summed E-state index contributed by atoms with van der Waals surface area (Å²) in [5.74, 6) is -1.14. The summed E-state index contributed by atoms with van der Waals surface area (Å²) in [5.41, 5.74) is 1.31. The van der Waals surface area contributed by atoms with Crippen LogP contribution in [0.15, 0.2) is 37.3 Å². The molecule has 6 nitrogen and oxygen atoms in total. The summed E-state index contributed by atoms with van der Waals surface area (Å²) in [6.07, 6.45) is 5.01. The van der Waals surface area contributed by atoms with Crippen LogP contribution < -0.4 is 4.90 Å². The van der Waals surface area contributed by atoms with Gasteiger partial charge < -0.3 is 14.8 Å². The lowest BCUT2D eigenvalue weighted by atomic mass is 10.0. The number of aromatic nitrogens is 3. The summed E-state index contributed by atoms with van der Waals surface area (Å²) in [5, 5.41) is 10.00. The second kappa shape index (κ2) is 7.51. The van der Waals surface area contributed by atoms with Crippen molar-refractivity contribution in [2.24, 2.45) is 0 Å². The molecule has 0 atom stereocenters. The minimum Gasteiger partial charge on any atom is -0.371 e. The summed E-state index contributed by atoms with van der Waals surface area (Å²) in [6, 6.07) is 6.31. The SMILES string of the molecule is C=C(c1cc(C#N)cc(F)c1F)N1CCC(N(C)c2ncnc3[nH]ccc23)CC1. The number of hydrogen-bond acceptors (Lipinski definition) is 5. The molecule has 1 fully saturated rings. The van der Waals surface area contributed by atoms with Crippen molar-refractivity contribution in [3.8, 4) is 6.07 Å². The number of fused-ring (bicyclic) bond motifs is 1. The third-order valence-electron chi connectivity index (χ3n) is 5.53. The lowest BCUT2D eigenvalue weighted by molar-refractivity contribution is 0.293. The molecule has 0 amide bonds. The Kier molecular flexibility index (Phi) is 4.89. The molecule has 2 aromatic heterocycles. The molecular weight excluding hydrogens is 374 g/mol. The predicted molar refractivity (Wildman–Crippen MR) is 107 cm³/mol. The highest BCUT2D eigenvalue weighted by Crippen LogP contribution is 2.30. The molecular formula is C21H20F2N6. The molecule has 0 saturated carbocycles. The van der Waals surface area contributed by atoms with Crippen molar-refractivity contribution in [2.45, 2.75) is 18.9 Å². The number of anilines is 1. The van der Waals surface area contributed by atoms with Gasteiger partial charge in [-0.3, -0.25) is 0 Å². The van der Waals surface area contributed by atoms with Crippen molar-refractivity contribution < 1.29 is 8.78 Å². The lowest BCUT2D eigenvalue weighted by Crippen LogP contribution is -2.43. The Labute approximate surface area is 167 Å². The van der Waals surface area contributed by atoms with Gasteiger partial charge in [0.1, 0.15) is 17.8 Å². The molecule has 0 bridgehead atoms. The van der Waals surface area contributed by atoms with Gasteiger partial charge in [0.05, 0.1) is 17.0 Å². The molecule has 148 valence electrons. The van der Waals surface area contributed by atoms with Gasteiger partial charge in [-0.2, -0.15) is 5.26 Å². The molecule has 0 aliphatic carbocycles. The zero-order chi connectivity index (χ0) is 20.5. The van der Waals surface area contributed by atoms with Crippen LogP contribution in [0.25, 0.3) is 16.7 Å². The number of piperidine rings is 1. The van der Waals surface area contributed by atoms with Crippen molar-refractivity contribution in [1.29, 1.82) is 5.26 Å². The van der Waals surface area contributed by atoms with E-state index in [1.165, 1.54) is 6.07 Å². The van der Waals surface area contributed by atoms with E-state index in [2.05, 4.69) is 26.4 Å². The maximum absolute atomic E-state index is 14.3. The van der Waals surface area contributed by atoms with Gasteiger partial charge in [-0.05, 0) is 31.0 Å². The molecule has 1 saturated heterocycles. The van der Waals surface area contributed by atoms with Crippen molar-refractivity contribution in [3.05, 3.63) is 60.1 Å². The summed E-state index contributed by atoms with van der Waals surface area (Å²) < 4.78 is 28.1. The highest BCUT2D eigenvalue weighted by Gasteiger charge is 2.27. The van der Waals surface area contributed by atoms with Crippen molar-refractivity contribution in [1.82, 2.24) is 19.9 Å². The number of nitrogens with zero attached hydrogens (tertiary/aromatic N) is 5. The zero-order valence-corrected chi connectivity index (χ0v) is 16.0. The Morgan fingerprint density at radius 2 is 2.07 bits per heavy atom. The van der Waals surface area contributed by atoms with Gasteiger partial charge in [0.2, 0.25) is 0 Å². The molecule has 0 radical (unpaired) electrons. The number of rotatable bonds is 4. The quantitative estimate of drug-likeness (QED) is 0.731. The van der Waals surface area contributed by atoms with Crippen LogP contribution >= 0.6 is 0 Å². The number of halogens is 2. The Hall–Kier alpha value is -3.47. The fourth-order valence-electron chi connectivity index (χ4n) is 3.87. The van der Waals surface area contributed by atoms with Gasteiger partial charge in [0.25, 0.3) is 0 Å². The average Bonchev–Trinajstić information content (AvgIpc) is 3.23. The molecule has 1 aromatic carbocycles. The van der Waals surface area contributed by atoms with E-state index in [1.54, 1.807) is 6.33 Å². The third kappa shape index (κ3) is 3.40. The Balaban J connectivity index is 1.48. The van der Waals surface area contributed by atoms with E-state index in [-0.39, 0.29) is 17.2 Å². The highest BCUT2D eigenvalue weighted by atomic mass is 19.2. The molecule has 1 aliphatic heterocycles. The first kappa shape index (κ1) is 18.9. The number of H-pyrrole nitrogens is 1. The molecule has 4 rings (SSSR count). The summed E-state index contributed by atoms with van der Waals surface area (Å²) in [6.45, 7) is 5.25. The van der Waals surface area contributed by atoms with Crippen molar-refractivity contribution in [3.63, 3.8) is 0 Å². The molecule has 29 heavy (non-hydrogen) atoms. The number of benzene rings is 1. The fraction of sp³-hybridized carbons (Fsp3) is 0.286. The number of aromatic amines is 1. The van der Waals surface area contributed by atoms with E-state index in [0.29, 0.717) is 18.8 Å². The minimum atomic E-state index is -1.03. The topological polar surface area (TPSA) is 71.8 Å². The minimum absolute atomic E-state index is 0.0400. The Bertz CT molecular complexity index is 1110.